The maximum Gasteiger partial charge on any atom is 0.414 e. The predicted molar refractivity (Wildman–Crippen MR) is 56.8 cm³/mol. The summed E-state index contributed by atoms with van der Waals surface area (Å²) in [6.07, 6.45) is -0.490. The third-order valence-electron chi connectivity index (χ3n) is 2.19. The number of anilines is 1. The van der Waals surface area contributed by atoms with Gasteiger partial charge in [-0.3, -0.25) is 15.0 Å². The molecule has 0 aromatic heterocycles. The number of halogens is 1. The third-order valence-corrected chi connectivity index (χ3v) is 2.50. The first-order valence-corrected chi connectivity index (χ1v) is 4.85. The average molecular weight is 243 g/mol. The Balaban J connectivity index is 2.36. The molecule has 1 aliphatic heterocycles. The second-order valence-corrected chi connectivity index (χ2v) is 3.57. The molecular formula is C9H7ClN2O4. The second kappa shape index (κ2) is 3.97. The van der Waals surface area contributed by atoms with E-state index in [1.54, 1.807) is 0 Å². The highest BCUT2D eigenvalue weighted by Crippen LogP contribution is 2.31. The summed E-state index contributed by atoms with van der Waals surface area (Å²) in [7, 11) is 0. The first kappa shape index (κ1) is 10.7. The van der Waals surface area contributed by atoms with Crippen molar-refractivity contribution in [3.8, 4) is 0 Å². The van der Waals surface area contributed by atoms with E-state index in [1.165, 1.54) is 23.1 Å². The minimum absolute atomic E-state index is 0.110. The minimum Gasteiger partial charge on any atom is -0.447 e. The molecule has 1 amide bonds. The number of cyclic esters (lactones) is 1. The van der Waals surface area contributed by atoms with Crippen LogP contribution in [-0.4, -0.2) is 24.2 Å². The molecule has 0 atom stereocenters. The summed E-state index contributed by atoms with van der Waals surface area (Å²) in [4.78, 5) is 22.5. The van der Waals surface area contributed by atoms with Gasteiger partial charge < -0.3 is 4.74 Å². The number of non-ortho nitro benzene ring substituents is 1. The molecule has 2 rings (SSSR count). The zero-order chi connectivity index (χ0) is 11.7. The first-order chi connectivity index (χ1) is 7.59. The molecule has 0 bridgehead atoms. The van der Waals surface area contributed by atoms with Gasteiger partial charge in [0.2, 0.25) is 0 Å². The molecule has 1 saturated heterocycles. The van der Waals surface area contributed by atoms with Crippen molar-refractivity contribution < 1.29 is 14.5 Å². The van der Waals surface area contributed by atoms with Crippen molar-refractivity contribution >= 4 is 29.1 Å². The number of ether oxygens (including phenoxy) is 1. The maximum atomic E-state index is 11.3. The molecule has 1 fully saturated rings. The Morgan fingerprint density at radius 3 is 2.75 bits per heavy atom. The highest BCUT2D eigenvalue weighted by molar-refractivity contribution is 6.34. The van der Waals surface area contributed by atoms with E-state index in [2.05, 4.69) is 0 Å². The Labute approximate surface area is 95.5 Å². The summed E-state index contributed by atoms with van der Waals surface area (Å²) < 4.78 is 4.75. The van der Waals surface area contributed by atoms with Gasteiger partial charge in [-0.1, -0.05) is 11.6 Å². The molecule has 0 radical (unpaired) electrons. The fourth-order valence-electron chi connectivity index (χ4n) is 1.44. The lowest BCUT2D eigenvalue weighted by atomic mass is 10.2. The summed E-state index contributed by atoms with van der Waals surface area (Å²) in [6, 6.07) is 3.95. The van der Waals surface area contributed by atoms with Crippen LogP contribution in [0, 0.1) is 10.1 Å². The Morgan fingerprint density at radius 1 is 1.50 bits per heavy atom. The smallest absolute Gasteiger partial charge is 0.414 e. The Kier molecular flexibility index (Phi) is 2.66. The Bertz CT molecular complexity index is 463. The van der Waals surface area contributed by atoms with Gasteiger partial charge >= 0.3 is 6.09 Å². The van der Waals surface area contributed by atoms with E-state index in [0.717, 1.165) is 0 Å². The van der Waals surface area contributed by atoms with Crippen LogP contribution >= 0.6 is 11.6 Å². The Morgan fingerprint density at radius 2 is 2.25 bits per heavy atom. The zero-order valence-corrected chi connectivity index (χ0v) is 8.81. The number of rotatable bonds is 2. The summed E-state index contributed by atoms with van der Waals surface area (Å²) >= 11 is 5.86. The normalized spacial score (nSPS) is 15.1. The molecule has 0 aliphatic carbocycles. The van der Waals surface area contributed by atoms with Crippen LogP contribution in [-0.2, 0) is 4.74 Å². The van der Waals surface area contributed by atoms with Gasteiger partial charge in [-0.2, -0.15) is 0 Å². The lowest BCUT2D eigenvalue weighted by Crippen LogP contribution is -2.23. The van der Waals surface area contributed by atoms with Crippen molar-refractivity contribution in [1.29, 1.82) is 0 Å². The molecule has 0 spiro atoms. The molecule has 1 aromatic rings. The molecule has 1 heterocycles. The van der Waals surface area contributed by atoms with E-state index in [4.69, 9.17) is 16.3 Å². The topological polar surface area (TPSA) is 72.7 Å². The van der Waals surface area contributed by atoms with Gasteiger partial charge in [0.05, 0.1) is 22.2 Å². The third kappa shape index (κ3) is 1.79. The summed E-state index contributed by atoms with van der Waals surface area (Å²) in [5.41, 5.74) is 0.316. The van der Waals surface area contributed by atoms with E-state index < -0.39 is 11.0 Å². The molecule has 0 unspecified atom stereocenters. The van der Waals surface area contributed by atoms with Crippen molar-refractivity contribution in [3.05, 3.63) is 33.3 Å². The van der Waals surface area contributed by atoms with Gasteiger partial charge in [0.1, 0.15) is 6.61 Å². The van der Waals surface area contributed by atoms with Crippen LogP contribution in [0.1, 0.15) is 0 Å². The van der Waals surface area contributed by atoms with Gasteiger partial charge in [-0.25, -0.2) is 4.79 Å². The van der Waals surface area contributed by atoms with Crippen molar-refractivity contribution in [1.82, 2.24) is 0 Å². The second-order valence-electron chi connectivity index (χ2n) is 3.16. The first-order valence-electron chi connectivity index (χ1n) is 4.48. The highest BCUT2D eigenvalue weighted by Gasteiger charge is 2.26. The molecule has 0 N–H and O–H groups in total. The number of carbonyl (C=O) groups excluding carboxylic acids is 1. The van der Waals surface area contributed by atoms with Crippen LogP contribution in [0.5, 0.6) is 0 Å². The number of amides is 1. The van der Waals surface area contributed by atoms with Crippen LogP contribution in [0.25, 0.3) is 0 Å². The average Bonchev–Trinajstić information content (AvgIpc) is 2.64. The van der Waals surface area contributed by atoms with Crippen LogP contribution in [0.4, 0.5) is 16.2 Å². The van der Waals surface area contributed by atoms with Crippen molar-refractivity contribution in [2.24, 2.45) is 0 Å². The number of benzene rings is 1. The Hall–Kier alpha value is -1.82. The summed E-state index contributed by atoms with van der Waals surface area (Å²) in [5, 5.41) is 10.7. The highest BCUT2D eigenvalue weighted by atomic mass is 35.5. The number of nitro groups is 1. The molecular weight excluding hydrogens is 236 g/mol. The van der Waals surface area contributed by atoms with Crippen LogP contribution < -0.4 is 4.90 Å². The largest absolute Gasteiger partial charge is 0.447 e. The predicted octanol–water partition coefficient (Wildman–Crippen LogP) is 2.20. The zero-order valence-electron chi connectivity index (χ0n) is 8.05. The number of nitrogens with zero attached hydrogens (tertiary/aromatic N) is 2. The fraction of sp³-hybridized carbons (Fsp3) is 0.222. The number of carbonyl (C=O) groups is 1. The molecule has 1 aromatic carbocycles. The number of nitro benzene ring substituents is 1. The fourth-order valence-corrected chi connectivity index (χ4v) is 1.72. The van der Waals surface area contributed by atoms with Crippen molar-refractivity contribution in [2.75, 3.05) is 18.1 Å². The quantitative estimate of drug-likeness (QED) is 0.589. The van der Waals surface area contributed by atoms with Gasteiger partial charge in [-0.05, 0) is 6.07 Å². The van der Waals surface area contributed by atoms with Crippen molar-refractivity contribution in [2.45, 2.75) is 0 Å². The molecule has 16 heavy (non-hydrogen) atoms. The molecule has 1 aliphatic rings. The standard InChI is InChI=1S/C9H7ClN2O4/c10-7-5-6(12(14)15)1-2-8(7)11-3-4-16-9(11)13/h1-2,5H,3-4H2. The maximum absolute atomic E-state index is 11.3. The van der Waals surface area contributed by atoms with Crippen LogP contribution in [0.2, 0.25) is 5.02 Å². The van der Waals surface area contributed by atoms with Gasteiger partial charge in [0.25, 0.3) is 5.69 Å². The van der Waals surface area contributed by atoms with E-state index in [9.17, 15) is 14.9 Å². The lowest BCUT2D eigenvalue weighted by Gasteiger charge is -2.13. The molecule has 0 saturated carbocycles. The lowest BCUT2D eigenvalue weighted by molar-refractivity contribution is -0.384. The van der Waals surface area contributed by atoms with Gasteiger partial charge in [0.15, 0.2) is 0 Å². The van der Waals surface area contributed by atoms with Gasteiger partial charge in [-0.15, -0.1) is 0 Å². The monoisotopic (exact) mass is 242 g/mol. The van der Waals surface area contributed by atoms with E-state index >= 15 is 0 Å². The molecule has 6 nitrogen and oxygen atoms in total. The summed E-state index contributed by atoms with van der Waals surface area (Å²) in [6.45, 7) is 0.697. The van der Waals surface area contributed by atoms with E-state index in [0.29, 0.717) is 18.8 Å². The van der Waals surface area contributed by atoms with E-state index in [-0.39, 0.29) is 10.7 Å². The number of hydrogen-bond donors (Lipinski definition) is 0. The number of hydrogen-bond acceptors (Lipinski definition) is 4. The van der Waals surface area contributed by atoms with E-state index in [1.807, 2.05) is 0 Å². The molecule has 7 heteroatoms. The van der Waals surface area contributed by atoms with Crippen LogP contribution in [0.3, 0.4) is 0 Å². The van der Waals surface area contributed by atoms with Crippen LogP contribution in [0.15, 0.2) is 18.2 Å². The van der Waals surface area contributed by atoms with Crippen molar-refractivity contribution in [3.63, 3.8) is 0 Å². The SMILES string of the molecule is O=C1OCCN1c1ccc([N+](=O)[O-])cc1Cl. The van der Waals surface area contributed by atoms with Gasteiger partial charge in [0, 0.05) is 12.1 Å². The minimum atomic E-state index is -0.544. The molecule has 84 valence electrons. The summed E-state index contributed by atoms with van der Waals surface area (Å²) in [5.74, 6) is 0.